The Hall–Kier alpha value is -2.73. The number of nitrogens with two attached hydrogens (primary N) is 1. The van der Waals surface area contributed by atoms with Crippen LogP contribution in [0, 0.1) is 0 Å². The molecule has 12 heteroatoms. The number of hydrogen-bond acceptors (Lipinski definition) is 7. The summed E-state index contributed by atoms with van der Waals surface area (Å²) < 4.78 is 0. The smallest absolute Gasteiger partial charge is 0.322 e. The second-order valence-corrected chi connectivity index (χ2v) is 5.75. The van der Waals surface area contributed by atoms with Crippen LogP contribution in [0.25, 0.3) is 0 Å². The van der Waals surface area contributed by atoms with Crippen molar-refractivity contribution in [3.8, 4) is 0 Å². The predicted octanol–water partition coefficient (Wildman–Crippen LogP) is -3.54. The number of carboxylic acid groups (broad SMARTS) is 2. The molecule has 146 valence electrons. The number of rotatable bonds is 9. The van der Waals surface area contributed by atoms with Gasteiger partial charge in [0.05, 0.1) is 19.1 Å². The van der Waals surface area contributed by atoms with Crippen LogP contribution in [-0.2, 0) is 24.0 Å². The van der Waals surface area contributed by atoms with Gasteiger partial charge in [-0.2, -0.15) is 0 Å². The Kier molecular flexibility index (Phi) is 7.93. The Balaban J connectivity index is 2.73. The van der Waals surface area contributed by atoms with Crippen LogP contribution in [0.15, 0.2) is 0 Å². The van der Waals surface area contributed by atoms with Gasteiger partial charge in [-0.1, -0.05) is 0 Å². The molecule has 1 fully saturated rings. The highest BCUT2D eigenvalue weighted by Crippen LogP contribution is 2.18. The van der Waals surface area contributed by atoms with E-state index in [0.717, 1.165) is 4.90 Å². The van der Waals surface area contributed by atoms with Crippen LogP contribution >= 0.6 is 0 Å². The minimum atomic E-state index is -1.40. The number of aliphatic hydroxyl groups is 1. The summed E-state index contributed by atoms with van der Waals surface area (Å²) in [6.45, 7) is -1.18. The van der Waals surface area contributed by atoms with E-state index in [1.165, 1.54) is 0 Å². The fraction of sp³-hybridized carbons (Fsp3) is 0.643. The van der Waals surface area contributed by atoms with Gasteiger partial charge in [0, 0.05) is 6.54 Å². The Morgan fingerprint density at radius 3 is 2.35 bits per heavy atom. The molecule has 1 aliphatic heterocycles. The molecule has 12 nitrogen and oxygen atoms in total. The maximum absolute atomic E-state index is 12.5. The van der Waals surface area contributed by atoms with E-state index < -0.39 is 67.4 Å². The number of aliphatic carboxylic acids is 2. The zero-order chi connectivity index (χ0) is 19.9. The Labute approximate surface area is 148 Å². The van der Waals surface area contributed by atoms with Crippen LogP contribution in [0.5, 0.6) is 0 Å². The minimum absolute atomic E-state index is 0.192. The molecule has 3 amide bonds. The van der Waals surface area contributed by atoms with Crippen LogP contribution in [0.2, 0.25) is 0 Å². The van der Waals surface area contributed by atoms with Crippen molar-refractivity contribution in [1.29, 1.82) is 0 Å². The first-order chi connectivity index (χ1) is 12.2. The summed E-state index contributed by atoms with van der Waals surface area (Å²) in [5.74, 6) is -4.84. The molecule has 0 aliphatic carbocycles. The molecule has 0 radical (unpaired) electrons. The van der Waals surface area contributed by atoms with Gasteiger partial charge in [0.2, 0.25) is 17.7 Å². The fourth-order valence-electron chi connectivity index (χ4n) is 2.53. The summed E-state index contributed by atoms with van der Waals surface area (Å²) in [5.41, 5.74) is 5.40. The van der Waals surface area contributed by atoms with E-state index in [2.05, 4.69) is 10.6 Å². The van der Waals surface area contributed by atoms with Gasteiger partial charge in [-0.3, -0.25) is 24.0 Å². The van der Waals surface area contributed by atoms with Gasteiger partial charge in [0.15, 0.2) is 0 Å². The standard InChI is InChI=1S/C14H22N4O8/c15-7(4-10(20)21)12(24)17-8(6-19)14(26)18-3-1-2-9(18)13(25)16-5-11(22)23/h7-9,19H,1-6,15H2,(H,16,25)(H,17,24)(H,20,21)(H,22,23)/t7-,8-,9-/m0/s1. The highest BCUT2D eigenvalue weighted by molar-refractivity contribution is 5.94. The molecule has 0 bridgehead atoms. The first kappa shape index (κ1) is 21.3. The summed E-state index contributed by atoms with van der Waals surface area (Å²) in [5, 5.41) is 30.9. The number of nitrogens with zero attached hydrogens (tertiary/aromatic N) is 1. The van der Waals surface area contributed by atoms with Crippen molar-refractivity contribution in [1.82, 2.24) is 15.5 Å². The molecule has 1 heterocycles. The zero-order valence-electron chi connectivity index (χ0n) is 13.9. The molecule has 0 aromatic carbocycles. The lowest BCUT2D eigenvalue weighted by molar-refractivity contribution is -0.143. The number of carbonyl (C=O) groups excluding carboxylic acids is 3. The first-order valence-corrected chi connectivity index (χ1v) is 7.86. The van der Waals surface area contributed by atoms with Gasteiger partial charge >= 0.3 is 11.9 Å². The number of carbonyl (C=O) groups is 5. The van der Waals surface area contributed by atoms with Crippen molar-refractivity contribution in [3.63, 3.8) is 0 Å². The molecule has 0 aromatic heterocycles. The van der Waals surface area contributed by atoms with Gasteiger partial charge in [-0.25, -0.2) is 0 Å². The van der Waals surface area contributed by atoms with E-state index in [4.69, 9.17) is 15.9 Å². The topological polar surface area (TPSA) is 199 Å². The average molecular weight is 374 g/mol. The maximum Gasteiger partial charge on any atom is 0.322 e. The minimum Gasteiger partial charge on any atom is -0.481 e. The molecule has 1 aliphatic rings. The Morgan fingerprint density at radius 1 is 1.15 bits per heavy atom. The van der Waals surface area contributed by atoms with E-state index in [1.54, 1.807) is 0 Å². The molecule has 0 spiro atoms. The van der Waals surface area contributed by atoms with Crippen LogP contribution in [0.1, 0.15) is 19.3 Å². The lowest BCUT2D eigenvalue weighted by atomic mass is 10.1. The van der Waals surface area contributed by atoms with Crippen molar-refractivity contribution in [2.75, 3.05) is 19.7 Å². The third-order valence-electron chi connectivity index (χ3n) is 3.78. The quantitative estimate of drug-likeness (QED) is 0.236. The van der Waals surface area contributed by atoms with Crippen molar-refractivity contribution >= 4 is 29.7 Å². The molecule has 26 heavy (non-hydrogen) atoms. The van der Waals surface area contributed by atoms with Crippen molar-refractivity contribution in [2.45, 2.75) is 37.4 Å². The van der Waals surface area contributed by atoms with Crippen LogP contribution in [-0.4, -0.2) is 87.7 Å². The second kappa shape index (κ2) is 9.68. The van der Waals surface area contributed by atoms with Gasteiger partial charge in [0.1, 0.15) is 18.6 Å². The Morgan fingerprint density at radius 2 is 1.81 bits per heavy atom. The van der Waals surface area contributed by atoms with Crippen LogP contribution < -0.4 is 16.4 Å². The van der Waals surface area contributed by atoms with Gasteiger partial charge < -0.3 is 36.6 Å². The van der Waals surface area contributed by atoms with E-state index in [-0.39, 0.29) is 6.54 Å². The highest BCUT2D eigenvalue weighted by Gasteiger charge is 2.37. The zero-order valence-corrected chi connectivity index (χ0v) is 13.9. The average Bonchev–Trinajstić information content (AvgIpc) is 3.05. The van der Waals surface area contributed by atoms with Gasteiger partial charge in [-0.15, -0.1) is 0 Å². The first-order valence-electron chi connectivity index (χ1n) is 7.86. The van der Waals surface area contributed by atoms with E-state index in [0.29, 0.717) is 12.8 Å². The SMILES string of the molecule is N[C@@H](CC(=O)O)C(=O)N[C@@H](CO)C(=O)N1CCC[C@H]1C(=O)NCC(=O)O. The Bertz CT molecular complexity index is 581. The lowest BCUT2D eigenvalue weighted by Crippen LogP contribution is -2.57. The molecular weight excluding hydrogens is 352 g/mol. The molecule has 0 saturated carbocycles. The number of carboxylic acids is 2. The summed E-state index contributed by atoms with van der Waals surface area (Å²) in [6.07, 6.45) is 0.144. The van der Waals surface area contributed by atoms with Crippen LogP contribution in [0.4, 0.5) is 0 Å². The van der Waals surface area contributed by atoms with Gasteiger partial charge in [-0.05, 0) is 12.8 Å². The van der Waals surface area contributed by atoms with E-state index in [9.17, 15) is 29.1 Å². The second-order valence-electron chi connectivity index (χ2n) is 5.75. The summed E-state index contributed by atoms with van der Waals surface area (Å²) in [6, 6.07) is -3.71. The molecule has 3 atom stereocenters. The third-order valence-corrected chi connectivity index (χ3v) is 3.78. The van der Waals surface area contributed by atoms with Gasteiger partial charge in [0.25, 0.3) is 0 Å². The molecular formula is C14H22N4O8. The third kappa shape index (κ3) is 5.97. The number of amides is 3. The molecule has 1 saturated heterocycles. The highest BCUT2D eigenvalue weighted by atomic mass is 16.4. The van der Waals surface area contributed by atoms with Crippen molar-refractivity contribution < 1.29 is 39.3 Å². The summed E-state index contributed by atoms with van der Waals surface area (Å²) in [7, 11) is 0. The molecule has 0 aromatic rings. The largest absolute Gasteiger partial charge is 0.481 e. The molecule has 7 N–H and O–H groups in total. The van der Waals surface area contributed by atoms with Crippen molar-refractivity contribution in [2.24, 2.45) is 5.73 Å². The fourth-order valence-corrected chi connectivity index (χ4v) is 2.53. The number of aliphatic hydroxyl groups excluding tert-OH is 1. The lowest BCUT2D eigenvalue weighted by Gasteiger charge is -2.28. The summed E-state index contributed by atoms with van der Waals surface area (Å²) in [4.78, 5) is 58.6. The normalized spacial score (nSPS) is 18.7. The number of nitrogens with one attached hydrogen (secondary N) is 2. The van der Waals surface area contributed by atoms with Crippen LogP contribution in [0.3, 0.4) is 0 Å². The van der Waals surface area contributed by atoms with E-state index in [1.807, 2.05) is 0 Å². The maximum atomic E-state index is 12.5. The molecule has 0 unspecified atom stereocenters. The van der Waals surface area contributed by atoms with Crippen molar-refractivity contribution in [3.05, 3.63) is 0 Å². The monoisotopic (exact) mass is 374 g/mol. The predicted molar refractivity (Wildman–Crippen MR) is 84.6 cm³/mol. The number of hydrogen-bond donors (Lipinski definition) is 6. The van der Waals surface area contributed by atoms with E-state index >= 15 is 0 Å². The number of likely N-dealkylation sites (tertiary alicyclic amines) is 1. The molecule has 1 rings (SSSR count). The summed E-state index contributed by atoms with van der Waals surface area (Å²) >= 11 is 0.